The van der Waals surface area contributed by atoms with E-state index < -0.39 is 5.69 Å². The number of terminal acetylenes is 1. The van der Waals surface area contributed by atoms with Crippen molar-refractivity contribution in [2.24, 2.45) is 0 Å². The van der Waals surface area contributed by atoms with E-state index in [1.165, 1.54) is 0 Å². The largest absolute Gasteiger partial charge is 0.382 e. The van der Waals surface area contributed by atoms with Gasteiger partial charge >= 0.3 is 5.69 Å². The van der Waals surface area contributed by atoms with E-state index >= 15 is 0 Å². The molecule has 0 saturated carbocycles. The van der Waals surface area contributed by atoms with Gasteiger partial charge in [0, 0.05) is 11.1 Å². The Morgan fingerprint density at radius 3 is 2.85 bits per heavy atom. The van der Waals surface area contributed by atoms with Crippen LogP contribution in [0, 0.1) is 12.3 Å². The van der Waals surface area contributed by atoms with E-state index in [-0.39, 0.29) is 5.82 Å². The molecule has 2 heterocycles. The summed E-state index contributed by atoms with van der Waals surface area (Å²) in [6.45, 7) is 0. The van der Waals surface area contributed by atoms with Gasteiger partial charge in [-0.15, -0.1) is 6.42 Å². The SMILES string of the molecule is C#Cc1cccc(-c2ccc3[nH]c(=O)nc(N)c3n2)c1. The Morgan fingerprint density at radius 1 is 1.20 bits per heavy atom. The first-order valence-electron chi connectivity index (χ1n) is 5.91. The van der Waals surface area contributed by atoms with E-state index in [0.717, 1.165) is 16.8 Å². The van der Waals surface area contributed by atoms with Crippen LogP contribution in [0.4, 0.5) is 5.82 Å². The number of anilines is 1. The highest BCUT2D eigenvalue weighted by molar-refractivity contribution is 5.85. The zero-order chi connectivity index (χ0) is 14.1. The van der Waals surface area contributed by atoms with Crippen molar-refractivity contribution in [3.8, 4) is 23.6 Å². The first-order valence-corrected chi connectivity index (χ1v) is 5.91. The molecule has 0 spiro atoms. The minimum absolute atomic E-state index is 0.110. The van der Waals surface area contributed by atoms with Gasteiger partial charge < -0.3 is 10.7 Å². The van der Waals surface area contributed by atoms with Gasteiger partial charge in [0.1, 0.15) is 5.52 Å². The molecular formula is C15H10N4O. The number of benzene rings is 1. The lowest BCUT2D eigenvalue weighted by molar-refractivity contribution is 1.12. The molecule has 2 aromatic heterocycles. The van der Waals surface area contributed by atoms with Crippen molar-refractivity contribution >= 4 is 16.9 Å². The van der Waals surface area contributed by atoms with Gasteiger partial charge in [-0.2, -0.15) is 4.98 Å². The summed E-state index contributed by atoms with van der Waals surface area (Å²) in [6.07, 6.45) is 5.39. The summed E-state index contributed by atoms with van der Waals surface area (Å²) in [4.78, 5) is 21.9. The minimum atomic E-state index is -0.487. The zero-order valence-electron chi connectivity index (χ0n) is 10.4. The van der Waals surface area contributed by atoms with Gasteiger partial charge in [-0.25, -0.2) is 9.78 Å². The summed E-state index contributed by atoms with van der Waals surface area (Å²) in [5, 5.41) is 0. The number of nitrogen functional groups attached to an aromatic ring is 1. The van der Waals surface area contributed by atoms with Crippen LogP contribution in [0.5, 0.6) is 0 Å². The number of hydrogen-bond acceptors (Lipinski definition) is 4. The summed E-state index contributed by atoms with van der Waals surface area (Å²) in [6, 6.07) is 11.0. The van der Waals surface area contributed by atoms with Crippen LogP contribution in [-0.2, 0) is 0 Å². The number of nitrogens with zero attached hydrogens (tertiary/aromatic N) is 2. The molecule has 0 aliphatic heterocycles. The first kappa shape index (κ1) is 11.9. The van der Waals surface area contributed by atoms with Crippen molar-refractivity contribution in [2.75, 3.05) is 5.73 Å². The number of hydrogen-bond donors (Lipinski definition) is 2. The second-order valence-electron chi connectivity index (χ2n) is 4.24. The molecule has 0 fully saturated rings. The molecule has 0 aliphatic rings. The van der Waals surface area contributed by atoms with Crippen LogP contribution < -0.4 is 11.4 Å². The molecule has 3 rings (SSSR count). The third kappa shape index (κ3) is 1.99. The molecule has 0 saturated heterocycles. The van der Waals surface area contributed by atoms with Crippen LogP contribution in [0.2, 0.25) is 0 Å². The van der Waals surface area contributed by atoms with Crippen molar-refractivity contribution in [3.63, 3.8) is 0 Å². The quantitative estimate of drug-likeness (QED) is 0.651. The predicted octanol–water partition coefficient (Wildman–Crippen LogP) is 1.55. The summed E-state index contributed by atoms with van der Waals surface area (Å²) in [7, 11) is 0. The molecule has 0 aliphatic carbocycles. The lowest BCUT2D eigenvalue weighted by Gasteiger charge is -2.05. The van der Waals surface area contributed by atoms with Crippen molar-refractivity contribution in [1.82, 2.24) is 15.0 Å². The van der Waals surface area contributed by atoms with Crippen molar-refractivity contribution in [2.45, 2.75) is 0 Å². The van der Waals surface area contributed by atoms with Gasteiger partial charge in [0.05, 0.1) is 11.2 Å². The third-order valence-electron chi connectivity index (χ3n) is 2.93. The predicted molar refractivity (Wildman–Crippen MR) is 77.9 cm³/mol. The maximum atomic E-state index is 11.2. The van der Waals surface area contributed by atoms with Gasteiger partial charge in [0.15, 0.2) is 5.82 Å². The van der Waals surface area contributed by atoms with Gasteiger partial charge in [-0.3, -0.25) is 0 Å². The molecule has 0 bridgehead atoms. The maximum absolute atomic E-state index is 11.2. The monoisotopic (exact) mass is 262 g/mol. The van der Waals surface area contributed by atoms with E-state index in [4.69, 9.17) is 12.2 Å². The van der Waals surface area contributed by atoms with Crippen LogP contribution in [0.15, 0.2) is 41.2 Å². The average Bonchev–Trinajstić information content (AvgIpc) is 2.47. The Kier molecular flexibility index (Phi) is 2.70. The standard InChI is InChI=1S/C15H10N4O/c1-2-9-4-3-5-10(8-9)11-6-7-12-13(17-11)14(16)19-15(20)18-12/h1,3-8H,(H3,16,18,19,20). The van der Waals surface area contributed by atoms with Crippen LogP contribution in [-0.4, -0.2) is 15.0 Å². The Hall–Kier alpha value is -3.13. The number of aromatic amines is 1. The Morgan fingerprint density at radius 2 is 2.05 bits per heavy atom. The molecule has 0 unspecified atom stereocenters. The van der Waals surface area contributed by atoms with Gasteiger partial charge in [-0.05, 0) is 24.3 Å². The van der Waals surface area contributed by atoms with Crippen LogP contribution in [0.1, 0.15) is 5.56 Å². The van der Waals surface area contributed by atoms with Gasteiger partial charge in [0.25, 0.3) is 0 Å². The Bertz CT molecular complexity index is 906. The number of aromatic nitrogens is 3. The normalized spacial score (nSPS) is 10.3. The molecule has 5 heteroatoms. The van der Waals surface area contributed by atoms with E-state index in [2.05, 4.69) is 20.9 Å². The molecule has 5 nitrogen and oxygen atoms in total. The maximum Gasteiger partial charge on any atom is 0.347 e. The zero-order valence-corrected chi connectivity index (χ0v) is 10.4. The lowest BCUT2D eigenvalue weighted by Crippen LogP contribution is -2.13. The topological polar surface area (TPSA) is 84.7 Å². The number of H-pyrrole nitrogens is 1. The number of nitrogens with two attached hydrogens (primary N) is 1. The summed E-state index contributed by atoms with van der Waals surface area (Å²) in [5.41, 5.74) is 8.64. The molecule has 0 atom stereocenters. The molecule has 20 heavy (non-hydrogen) atoms. The Balaban J connectivity index is 2.23. The highest BCUT2D eigenvalue weighted by Crippen LogP contribution is 2.22. The fraction of sp³-hybridized carbons (Fsp3) is 0. The van der Waals surface area contributed by atoms with E-state index in [9.17, 15) is 4.79 Å². The fourth-order valence-corrected chi connectivity index (χ4v) is 1.99. The number of rotatable bonds is 1. The highest BCUT2D eigenvalue weighted by atomic mass is 16.1. The van der Waals surface area contributed by atoms with Crippen LogP contribution >= 0.6 is 0 Å². The lowest BCUT2D eigenvalue weighted by atomic mass is 10.1. The second kappa shape index (κ2) is 4.52. The summed E-state index contributed by atoms with van der Waals surface area (Å²) < 4.78 is 0. The fourth-order valence-electron chi connectivity index (χ4n) is 1.99. The van der Waals surface area contributed by atoms with Crippen LogP contribution in [0.25, 0.3) is 22.3 Å². The number of fused-ring (bicyclic) bond motifs is 1. The number of pyridine rings is 1. The highest BCUT2D eigenvalue weighted by Gasteiger charge is 2.06. The van der Waals surface area contributed by atoms with Crippen LogP contribution in [0.3, 0.4) is 0 Å². The van der Waals surface area contributed by atoms with Gasteiger partial charge in [-0.1, -0.05) is 18.1 Å². The second-order valence-corrected chi connectivity index (χ2v) is 4.24. The van der Waals surface area contributed by atoms with E-state index in [1.54, 1.807) is 12.1 Å². The van der Waals surface area contributed by atoms with Crippen molar-refractivity contribution in [3.05, 3.63) is 52.4 Å². The average molecular weight is 262 g/mol. The van der Waals surface area contributed by atoms with E-state index in [1.807, 2.05) is 24.3 Å². The molecule has 3 N–H and O–H groups in total. The smallest absolute Gasteiger partial charge is 0.347 e. The first-order chi connectivity index (χ1) is 9.67. The molecule has 1 aromatic carbocycles. The molecule has 3 aromatic rings. The molecule has 0 radical (unpaired) electrons. The molecule has 0 amide bonds. The van der Waals surface area contributed by atoms with Crippen molar-refractivity contribution < 1.29 is 0 Å². The minimum Gasteiger partial charge on any atom is -0.382 e. The number of nitrogens with one attached hydrogen (secondary N) is 1. The molecule has 96 valence electrons. The molecular weight excluding hydrogens is 252 g/mol. The van der Waals surface area contributed by atoms with Crippen molar-refractivity contribution in [1.29, 1.82) is 0 Å². The summed E-state index contributed by atoms with van der Waals surface area (Å²) >= 11 is 0. The van der Waals surface area contributed by atoms with Gasteiger partial charge in [0.2, 0.25) is 0 Å². The van der Waals surface area contributed by atoms with E-state index in [0.29, 0.717) is 11.0 Å². The Labute approximate surface area is 114 Å². The third-order valence-corrected chi connectivity index (χ3v) is 2.93. The summed E-state index contributed by atoms with van der Waals surface area (Å²) in [5.74, 6) is 2.69.